The van der Waals surface area contributed by atoms with E-state index in [0.717, 1.165) is 45.6 Å². The minimum Gasteiger partial charge on any atom is -0.497 e. The number of Topliss-reactive ketones (excluding diaryl/α,β-unsaturated/α-hetero) is 1. The largest absolute Gasteiger partial charge is 0.497 e. The Labute approximate surface area is 126 Å². The molecule has 1 N–H and O–H groups in total. The van der Waals surface area contributed by atoms with Crippen LogP contribution in [-0.4, -0.2) is 17.9 Å². The Morgan fingerprint density at radius 2 is 2.19 bits per heavy atom. The minimum atomic E-state index is 0.203. The number of benzene rings is 1. The summed E-state index contributed by atoms with van der Waals surface area (Å²) in [4.78, 5) is 17.3. The topological polar surface area (TPSA) is 42.1 Å². The first-order valence-electron chi connectivity index (χ1n) is 7.05. The van der Waals surface area contributed by atoms with Crippen LogP contribution in [0.5, 0.6) is 5.75 Å². The Balaban J connectivity index is 1.99. The van der Waals surface area contributed by atoms with E-state index in [1.54, 1.807) is 18.4 Å². The van der Waals surface area contributed by atoms with Crippen molar-refractivity contribution in [2.45, 2.75) is 12.8 Å². The summed E-state index contributed by atoms with van der Waals surface area (Å²) in [5, 5.41) is 3.00. The molecule has 2 heterocycles. The monoisotopic (exact) mass is 297 g/mol. The van der Waals surface area contributed by atoms with E-state index in [1.165, 1.54) is 0 Å². The molecule has 0 aliphatic heterocycles. The lowest BCUT2D eigenvalue weighted by Gasteiger charge is -2.03. The van der Waals surface area contributed by atoms with Crippen LogP contribution in [0.2, 0.25) is 0 Å². The normalized spacial score (nSPS) is 14.5. The van der Waals surface area contributed by atoms with Crippen LogP contribution < -0.4 is 4.74 Å². The summed E-state index contributed by atoms with van der Waals surface area (Å²) >= 11 is 1.65. The number of hydrogen-bond acceptors (Lipinski definition) is 3. The predicted octanol–water partition coefficient (Wildman–Crippen LogP) is 4.50. The highest BCUT2D eigenvalue weighted by atomic mass is 32.1. The number of H-pyrrole nitrogens is 1. The number of methoxy groups -OCH3 is 1. The number of nitrogens with one attached hydrogen (secondary N) is 1. The molecule has 0 saturated heterocycles. The Morgan fingerprint density at radius 1 is 1.33 bits per heavy atom. The van der Waals surface area contributed by atoms with Gasteiger partial charge in [-0.2, -0.15) is 0 Å². The van der Waals surface area contributed by atoms with E-state index in [1.807, 2.05) is 29.6 Å². The van der Waals surface area contributed by atoms with Gasteiger partial charge in [0.15, 0.2) is 5.78 Å². The van der Waals surface area contributed by atoms with Crippen LogP contribution in [0.3, 0.4) is 0 Å². The van der Waals surface area contributed by atoms with Crippen molar-refractivity contribution in [1.82, 2.24) is 4.98 Å². The molecule has 21 heavy (non-hydrogen) atoms. The number of thiophene rings is 1. The van der Waals surface area contributed by atoms with Crippen LogP contribution >= 0.6 is 11.3 Å². The number of rotatable bonds is 4. The molecule has 1 aromatic carbocycles. The summed E-state index contributed by atoms with van der Waals surface area (Å²) in [6.07, 6.45) is 2.03. The molecular weight excluding hydrogens is 282 g/mol. The molecule has 0 spiro atoms. The first-order valence-corrected chi connectivity index (χ1v) is 7.93. The van der Waals surface area contributed by atoms with Crippen molar-refractivity contribution in [3.63, 3.8) is 0 Å². The average molecular weight is 297 g/mol. The quantitative estimate of drug-likeness (QED) is 0.720. The number of ketones is 1. The third kappa shape index (κ3) is 2.07. The second-order valence-electron chi connectivity index (χ2n) is 5.40. The lowest BCUT2D eigenvalue weighted by atomic mass is 10.0. The zero-order valence-electron chi connectivity index (χ0n) is 11.7. The fraction of sp³-hybridized carbons (Fsp3) is 0.235. The number of hydrogen-bond donors (Lipinski definition) is 1. The summed E-state index contributed by atoms with van der Waals surface area (Å²) in [6.45, 7) is 0. The van der Waals surface area contributed by atoms with Crippen molar-refractivity contribution in [3.8, 4) is 16.3 Å². The smallest absolute Gasteiger partial charge is 0.168 e. The molecule has 0 amide bonds. The van der Waals surface area contributed by atoms with Crippen molar-refractivity contribution in [1.29, 1.82) is 0 Å². The van der Waals surface area contributed by atoms with Crippen LogP contribution in [0, 0.1) is 5.92 Å². The molecule has 1 aliphatic rings. The molecule has 0 bridgehead atoms. The molecule has 4 heteroatoms. The SMILES string of the molecule is COc1ccc2[nH]c(-c3cccs3)c(C(=O)C3CC3)c2c1. The van der Waals surface area contributed by atoms with Crippen LogP contribution in [0.25, 0.3) is 21.5 Å². The minimum absolute atomic E-state index is 0.203. The van der Waals surface area contributed by atoms with Crippen molar-refractivity contribution in [3.05, 3.63) is 41.3 Å². The molecule has 3 aromatic rings. The van der Waals surface area contributed by atoms with E-state index in [2.05, 4.69) is 11.1 Å². The molecule has 0 atom stereocenters. The van der Waals surface area contributed by atoms with Gasteiger partial charge in [0.25, 0.3) is 0 Å². The number of aromatic amines is 1. The Bertz CT molecular complexity index is 813. The number of carbonyl (C=O) groups is 1. The predicted molar refractivity (Wildman–Crippen MR) is 85.2 cm³/mol. The number of aromatic nitrogens is 1. The van der Waals surface area contributed by atoms with Gasteiger partial charge in [-0.15, -0.1) is 11.3 Å². The number of fused-ring (bicyclic) bond motifs is 1. The second-order valence-corrected chi connectivity index (χ2v) is 6.35. The van der Waals surface area contributed by atoms with Gasteiger partial charge >= 0.3 is 0 Å². The molecule has 2 aromatic heterocycles. The highest BCUT2D eigenvalue weighted by Gasteiger charge is 2.34. The summed E-state index contributed by atoms with van der Waals surface area (Å²) < 4.78 is 5.31. The third-order valence-corrected chi connectivity index (χ3v) is 4.86. The van der Waals surface area contributed by atoms with Crippen molar-refractivity contribution < 1.29 is 9.53 Å². The van der Waals surface area contributed by atoms with E-state index in [-0.39, 0.29) is 11.7 Å². The van der Waals surface area contributed by atoms with Crippen molar-refractivity contribution in [2.24, 2.45) is 5.92 Å². The highest BCUT2D eigenvalue weighted by molar-refractivity contribution is 7.13. The summed E-state index contributed by atoms with van der Waals surface area (Å²) in [7, 11) is 1.65. The first-order chi connectivity index (χ1) is 10.3. The first kappa shape index (κ1) is 12.7. The summed E-state index contributed by atoms with van der Waals surface area (Å²) in [5.74, 6) is 1.25. The van der Waals surface area contributed by atoms with Gasteiger partial charge in [-0.1, -0.05) is 6.07 Å². The molecule has 3 nitrogen and oxygen atoms in total. The van der Waals surface area contributed by atoms with E-state index < -0.39 is 0 Å². The Kier molecular flexibility index (Phi) is 2.86. The maximum Gasteiger partial charge on any atom is 0.168 e. The molecule has 4 rings (SSSR count). The molecule has 0 radical (unpaired) electrons. The standard InChI is InChI=1S/C17H15NO2S/c1-20-11-6-7-13-12(9-11)15(17(19)10-4-5-10)16(18-13)14-3-2-8-21-14/h2-3,6-10,18H,4-5H2,1H3. The lowest BCUT2D eigenvalue weighted by molar-refractivity contribution is 0.0970. The number of carbonyl (C=O) groups excluding carboxylic acids is 1. The van der Waals surface area contributed by atoms with Gasteiger partial charge < -0.3 is 9.72 Å². The van der Waals surface area contributed by atoms with Gasteiger partial charge in [0, 0.05) is 16.8 Å². The zero-order chi connectivity index (χ0) is 14.4. The fourth-order valence-electron chi connectivity index (χ4n) is 2.71. The fourth-order valence-corrected chi connectivity index (χ4v) is 3.44. The van der Waals surface area contributed by atoms with Crippen LogP contribution in [0.15, 0.2) is 35.7 Å². The van der Waals surface area contributed by atoms with Crippen LogP contribution in [0.4, 0.5) is 0 Å². The number of ether oxygens (including phenoxy) is 1. The van der Waals surface area contributed by atoms with Gasteiger partial charge in [0.05, 0.1) is 23.2 Å². The van der Waals surface area contributed by atoms with E-state index in [0.29, 0.717) is 0 Å². The van der Waals surface area contributed by atoms with Crippen LogP contribution in [-0.2, 0) is 0 Å². The molecule has 0 unspecified atom stereocenters. The maximum atomic E-state index is 12.7. The van der Waals surface area contributed by atoms with Gasteiger partial charge in [0.2, 0.25) is 0 Å². The van der Waals surface area contributed by atoms with Crippen LogP contribution in [0.1, 0.15) is 23.2 Å². The zero-order valence-corrected chi connectivity index (χ0v) is 12.5. The van der Waals surface area contributed by atoms with Gasteiger partial charge in [-0.05, 0) is 42.5 Å². The van der Waals surface area contributed by atoms with Crippen molar-refractivity contribution in [2.75, 3.05) is 7.11 Å². The Hall–Kier alpha value is -2.07. The average Bonchev–Trinajstić information content (AvgIpc) is 3.09. The second kappa shape index (κ2) is 4.74. The maximum absolute atomic E-state index is 12.7. The molecule has 1 saturated carbocycles. The highest BCUT2D eigenvalue weighted by Crippen LogP contribution is 2.40. The lowest BCUT2D eigenvalue weighted by Crippen LogP contribution is -2.02. The Morgan fingerprint density at radius 3 is 2.86 bits per heavy atom. The van der Waals surface area contributed by atoms with E-state index in [4.69, 9.17) is 4.74 Å². The van der Waals surface area contributed by atoms with E-state index >= 15 is 0 Å². The molecule has 106 valence electrons. The molecule has 1 aliphatic carbocycles. The molecule has 1 fully saturated rings. The van der Waals surface area contributed by atoms with Gasteiger partial charge in [-0.3, -0.25) is 4.79 Å². The van der Waals surface area contributed by atoms with Crippen molar-refractivity contribution >= 4 is 28.0 Å². The summed E-state index contributed by atoms with van der Waals surface area (Å²) in [6, 6.07) is 9.92. The van der Waals surface area contributed by atoms with E-state index in [9.17, 15) is 4.79 Å². The molecular formula is C17H15NO2S. The van der Waals surface area contributed by atoms with Gasteiger partial charge in [0.1, 0.15) is 5.75 Å². The third-order valence-electron chi connectivity index (χ3n) is 3.97. The summed E-state index contributed by atoms with van der Waals surface area (Å²) in [5.41, 5.74) is 2.77. The van der Waals surface area contributed by atoms with Gasteiger partial charge in [-0.25, -0.2) is 0 Å².